The topological polar surface area (TPSA) is 26.3 Å². The van der Waals surface area contributed by atoms with E-state index in [1.807, 2.05) is 24.3 Å². The van der Waals surface area contributed by atoms with Crippen LogP contribution in [-0.4, -0.2) is 13.1 Å². The summed E-state index contributed by atoms with van der Waals surface area (Å²) in [4.78, 5) is 10.9. The maximum absolute atomic E-state index is 10.9. The molecule has 1 rings (SSSR count). The molecule has 0 spiro atoms. The van der Waals surface area contributed by atoms with Crippen molar-refractivity contribution >= 4 is 5.97 Å². The Bertz CT molecular complexity index is 408. The molecular weight excluding hydrogens is 188 g/mol. The molecule has 78 valence electrons. The van der Waals surface area contributed by atoms with Crippen molar-refractivity contribution in [3.05, 3.63) is 35.4 Å². The summed E-state index contributed by atoms with van der Waals surface area (Å²) in [5, 5.41) is 0. The third-order valence-electron chi connectivity index (χ3n) is 2.07. The van der Waals surface area contributed by atoms with Gasteiger partial charge in [0.25, 0.3) is 0 Å². The number of rotatable bonds is 1. The minimum absolute atomic E-state index is 0.396. The van der Waals surface area contributed by atoms with Crippen LogP contribution in [0.5, 0.6) is 0 Å². The van der Waals surface area contributed by atoms with Gasteiger partial charge in [-0.1, -0.05) is 38.0 Å². The molecule has 0 N–H and O–H groups in total. The summed E-state index contributed by atoms with van der Waals surface area (Å²) in [6.45, 7) is 4.19. The molecule has 2 nitrogen and oxygen atoms in total. The van der Waals surface area contributed by atoms with Crippen molar-refractivity contribution in [2.45, 2.75) is 19.8 Å². The highest BCUT2D eigenvalue weighted by Crippen LogP contribution is 2.17. The average molecular weight is 202 g/mol. The van der Waals surface area contributed by atoms with E-state index in [4.69, 9.17) is 0 Å². The van der Waals surface area contributed by atoms with Gasteiger partial charge in [0, 0.05) is 11.5 Å². The fourth-order valence-corrected chi connectivity index (χ4v) is 1.28. The number of methoxy groups -OCH3 is 1. The number of hydrogen-bond donors (Lipinski definition) is 0. The first-order valence-electron chi connectivity index (χ1n) is 4.84. The van der Waals surface area contributed by atoms with E-state index in [-0.39, 0.29) is 0 Å². The summed E-state index contributed by atoms with van der Waals surface area (Å²) in [5.74, 6) is 5.14. The van der Waals surface area contributed by atoms with Crippen LogP contribution in [-0.2, 0) is 9.53 Å². The van der Waals surface area contributed by atoms with Gasteiger partial charge in [0.1, 0.15) is 0 Å². The molecule has 0 fully saturated rings. The summed E-state index contributed by atoms with van der Waals surface area (Å²) < 4.78 is 4.46. The van der Waals surface area contributed by atoms with Gasteiger partial charge in [-0.2, -0.15) is 0 Å². The van der Waals surface area contributed by atoms with Crippen molar-refractivity contribution in [3.8, 4) is 11.8 Å². The summed E-state index contributed by atoms with van der Waals surface area (Å²) in [5.41, 5.74) is 2.03. The molecule has 0 atom stereocenters. The maximum atomic E-state index is 10.9. The smallest absolute Gasteiger partial charge is 0.384 e. The highest BCUT2D eigenvalue weighted by Gasteiger charge is 2.03. The summed E-state index contributed by atoms with van der Waals surface area (Å²) in [6, 6.07) is 7.81. The fraction of sp³-hybridized carbons (Fsp3) is 0.308. The highest BCUT2D eigenvalue weighted by atomic mass is 16.5. The van der Waals surface area contributed by atoms with E-state index in [1.165, 1.54) is 7.11 Å². The predicted octanol–water partition coefficient (Wildman–Crippen LogP) is 2.33. The van der Waals surface area contributed by atoms with Gasteiger partial charge in [0.15, 0.2) is 0 Å². The maximum Gasteiger partial charge on any atom is 0.384 e. The Labute approximate surface area is 90.3 Å². The van der Waals surface area contributed by atoms with Crippen LogP contribution in [0.1, 0.15) is 30.9 Å². The van der Waals surface area contributed by atoms with Gasteiger partial charge in [-0.25, -0.2) is 4.79 Å². The van der Waals surface area contributed by atoms with E-state index in [1.54, 1.807) is 0 Å². The fourth-order valence-electron chi connectivity index (χ4n) is 1.28. The quantitative estimate of drug-likeness (QED) is 0.516. The minimum Gasteiger partial charge on any atom is -0.459 e. The third kappa shape index (κ3) is 3.14. The Balaban J connectivity index is 3.02. The van der Waals surface area contributed by atoms with Crippen LogP contribution in [0.25, 0.3) is 0 Å². The summed E-state index contributed by atoms with van der Waals surface area (Å²) >= 11 is 0. The molecular formula is C13H14O2. The van der Waals surface area contributed by atoms with Crippen LogP contribution < -0.4 is 0 Å². The van der Waals surface area contributed by atoms with Crippen LogP contribution in [0.2, 0.25) is 0 Å². The van der Waals surface area contributed by atoms with Crippen molar-refractivity contribution in [2.75, 3.05) is 7.11 Å². The first-order valence-corrected chi connectivity index (χ1v) is 4.84. The molecule has 0 radical (unpaired) electrons. The predicted molar refractivity (Wildman–Crippen MR) is 59.4 cm³/mol. The molecule has 0 bridgehead atoms. The molecule has 0 amide bonds. The van der Waals surface area contributed by atoms with Gasteiger partial charge in [0.2, 0.25) is 0 Å². The zero-order valence-electron chi connectivity index (χ0n) is 9.20. The third-order valence-corrected chi connectivity index (χ3v) is 2.07. The lowest BCUT2D eigenvalue weighted by atomic mass is 9.98. The number of esters is 1. The number of benzene rings is 1. The zero-order valence-corrected chi connectivity index (χ0v) is 9.20. The van der Waals surface area contributed by atoms with E-state index in [0.29, 0.717) is 5.92 Å². The number of carbonyl (C=O) groups excluding carboxylic acids is 1. The molecule has 2 heteroatoms. The van der Waals surface area contributed by atoms with Crippen molar-refractivity contribution in [1.82, 2.24) is 0 Å². The van der Waals surface area contributed by atoms with Gasteiger partial charge >= 0.3 is 5.97 Å². The Hall–Kier alpha value is -1.75. The molecule has 0 saturated heterocycles. The molecule has 0 unspecified atom stereocenters. The Morgan fingerprint density at radius 3 is 2.60 bits per heavy atom. The second-order valence-electron chi connectivity index (χ2n) is 3.48. The Morgan fingerprint density at radius 2 is 2.00 bits per heavy atom. The highest BCUT2D eigenvalue weighted by molar-refractivity contribution is 5.89. The van der Waals surface area contributed by atoms with Crippen molar-refractivity contribution in [1.29, 1.82) is 0 Å². The van der Waals surface area contributed by atoms with Crippen LogP contribution in [0.4, 0.5) is 0 Å². The van der Waals surface area contributed by atoms with E-state index in [2.05, 4.69) is 30.4 Å². The standard InChI is InChI=1S/C13H14O2/c1-10(2)12-7-5-4-6-11(12)8-9-13(14)15-3/h4-7,10H,1-3H3. The van der Waals surface area contributed by atoms with E-state index >= 15 is 0 Å². The second kappa shape index (κ2) is 5.21. The average Bonchev–Trinajstić information content (AvgIpc) is 2.26. The van der Waals surface area contributed by atoms with Crippen LogP contribution >= 0.6 is 0 Å². The summed E-state index contributed by atoms with van der Waals surface area (Å²) in [7, 11) is 1.32. The normalized spacial score (nSPS) is 9.33. The number of hydrogen-bond acceptors (Lipinski definition) is 2. The van der Waals surface area contributed by atoms with Crippen LogP contribution in [0, 0.1) is 11.8 Å². The Morgan fingerprint density at radius 1 is 1.33 bits per heavy atom. The number of ether oxygens (including phenoxy) is 1. The van der Waals surface area contributed by atoms with Gasteiger partial charge < -0.3 is 4.74 Å². The van der Waals surface area contributed by atoms with Crippen LogP contribution in [0.15, 0.2) is 24.3 Å². The van der Waals surface area contributed by atoms with Crippen molar-refractivity contribution < 1.29 is 9.53 Å². The molecule has 0 saturated carbocycles. The van der Waals surface area contributed by atoms with E-state index < -0.39 is 5.97 Å². The largest absolute Gasteiger partial charge is 0.459 e. The van der Waals surface area contributed by atoms with Crippen LogP contribution in [0.3, 0.4) is 0 Å². The molecule has 0 aliphatic carbocycles. The van der Waals surface area contributed by atoms with Crippen molar-refractivity contribution in [2.24, 2.45) is 0 Å². The SMILES string of the molecule is COC(=O)C#Cc1ccccc1C(C)C. The molecule has 0 aliphatic rings. The van der Waals surface area contributed by atoms with Gasteiger partial charge in [-0.05, 0) is 17.5 Å². The number of carbonyl (C=O) groups is 1. The molecule has 0 aliphatic heterocycles. The molecule has 0 aromatic heterocycles. The molecule has 0 heterocycles. The van der Waals surface area contributed by atoms with Gasteiger partial charge in [-0.15, -0.1) is 0 Å². The lowest BCUT2D eigenvalue weighted by molar-refractivity contribution is -0.133. The Kier molecular flexibility index (Phi) is 3.93. The first kappa shape index (κ1) is 11.3. The second-order valence-corrected chi connectivity index (χ2v) is 3.48. The molecule has 1 aromatic rings. The van der Waals surface area contributed by atoms with Gasteiger partial charge in [0.05, 0.1) is 7.11 Å². The van der Waals surface area contributed by atoms with Gasteiger partial charge in [-0.3, -0.25) is 0 Å². The zero-order chi connectivity index (χ0) is 11.3. The minimum atomic E-state index is -0.506. The molecule has 15 heavy (non-hydrogen) atoms. The monoisotopic (exact) mass is 202 g/mol. The van der Waals surface area contributed by atoms with E-state index in [0.717, 1.165) is 11.1 Å². The lowest BCUT2D eigenvalue weighted by Gasteiger charge is -2.06. The summed E-state index contributed by atoms with van der Waals surface area (Å²) in [6.07, 6.45) is 0. The lowest BCUT2D eigenvalue weighted by Crippen LogP contribution is -1.96. The first-order chi connectivity index (χ1) is 7.15. The molecule has 1 aromatic carbocycles. The van der Waals surface area contributed by atoms with Crippen molar-refractivity contribution in [3.63, 3.8) is 0 Å². The van der Waals surface area contributed by atoms with E-state index in [9.17, 15) is 4.79 Å².